The van der Waals surface area contributed by atoms with Gasteiger partial charge in [-0.05, 0) is 30.7 Å². The topological polar surface area (TPSA) is 55.6 Å². The summed E-state index contributed by atoms with van der Waals surface area (Å²) in [7, 11) is 1.59. The highest BCUT2D eigenvalue weighted by Gasteiger charge is 2.35. The molecule has 2 N–H and O–H groups in total. The molecule has 28 heavy (non-hydrogen) atoms. The summed E-state index contributed by atoms with van der Waals surface area (Å²) in [5, 5.41) is 13.6. The van der Waals surface area contributed by atoms with E-state index in [-0.39, 0.29) is 18.3 Å². The molecule has 3 rings (SSSR count). The standard InChI is InChI=1S/C21H22FN3O2S/c1-4-24(28-3)18-13-19-17(12-14(18)6-5-11-26)20(21(27)23-2)25(19)16-9-7-15(22)8-10-16/h5-10,12-13,26H,4,11H2,1-3H3/p+1. The monoisotopic (exact) mass is 400 g/mol. The first-order valence-electron chi connectivity index (χ1n) is 8.97. The van der Waals surface area contributed by atoms with E-state index < -0.39 is 0 Å². The van der Waals surface area contributed by atoms with E-state index >= 15 is 0 Å². The van der Waals surface area contributed by atoms with Gasteiger partial charge in [-0.1, -0.05) is 24.1 Å². The van der Waals surface area contributed by atoms with Gasteiger partial charge in [-0.25, -0.2) is 4.39 Å². The molecule has 5 nitrogen and oxygen atoms in total. The van der Waals surface area contributed by atoms with Crippen molar-refractivity contribution in [1.29, 1.82) is 0 Å². The van der Waals surface area contributed by atoms with Gasteiger partial charge in [-0.3, -0.25) is 4.79 Å². The minimum absolute atomic E-state index is 0.0599. The largest absolute Gasteiger partial charge is 0.392 e. The molecule has 1 aliphatic heterocycles. The van der Waals surface area contributed by atoms with E-state index in [0.29, 0.717) is 5.70 Å². The first-order valence-corrected chi connectivity index (χ1v) is 10.2. The maximum Gasteiger partial charge on any atom is 0.317 e. The van der Waals surface area contributed by atoms with Crippen LogP contribution in [0.5, 0.6) is 0 Å². The molecule has 146 valence electrons. The summed E-state index contributed by atoms with van der Waals surface area (Å²) in [6, 6.07) is 10.1. The number of hydrogen-bond donors (Lipinski definition) is 2. The van der Waals surface area contributed by atoms with Crippen molar-refractivity contribution in [1.82, 2.24) is 9.89 Å². The Labute approximate surface area is 167 Å². The van der Waals surface area contributed by atoms with Crippen LogP contribution < -0.4 is 24.8 Å². The molecule has 0 fully saturated rings. The van der Waals surface area contributed by atoms with Gasteiger partial charge < -0.3 is 14.7 Å². The van der Waals surface area contributed by atoms with Crippen LogP contribution in [0.25, 0.3) is 11.8 Å². The summed E-state index contributed by atoms with van der Waals surface area (Å²) >= 11 is 1.60. The van der Waals surface area contributed by atoms with Crippen molar-refractivity contribution in [2.24, 2.45) is 0 Å². The second-order valence-electron chi connectivity index (χ2n) is 6.13. The Morgan fingerprint density at radius 2 is 2.04 bits per heavy atom. The number of nitrogens with zero attached hydrogens (tertiary/aromatic N) is 2. The van der Waals surface area contributed by atoms with Gasteiger partial charge in [0, 0.05) is 38.0 Å². The molecule has 0 saturated carbocycles. The first kappa shape index (κ1) is 20.1. The van der Waals surface area contributed by atoms with Crippen LogP contribution in [-0.2, 0) is 4.79 Å². The van der Waals surface area contributed by atoms with Crippen molar-refractivity contribution in [3.05, 3.63) is 64.4 Å². The molecule has 0 aliphatic carbocycles. The van der Waals surface area contributed by atoms with Crippen LogP contribution in [0, 0.1) is 5.82 Å². The second-order valence-corrected chi connectivity index (χ2v) is 6.94. The smallest absolute Gasteiger partial charge is 0.317 e. The number of amides is 1. The van der Waals surface area contributed by atoms with E-state index in [2.05, 4.69) is 16.5 Å². The Hall–Kier alpha value is -2.64. The van der Waals surface area contributed by atoms with E-state index in [4.69, 9.17) is 0 Å². The van der Waals surface area contributed by atoms with E-state index in [1.54, 1.807) is 37.2 Å². The lowest BCUT2D eigenvalue weighted by molar-refractivity contribution is -0.115. The number of aliphatic hydroxyl groups is 1. The third-order valence-electron chi connectivity index (χ3n) is 4.57. The fourth-order valence-electron chi connectivity index (χ4n) is 3.28. The Kier molecular flexibility index (Phi) is 6.16. The van der Waals surface area contributed by atoms with Crippen LogP contribution >= 0.6 is 11.9 Å². The lowest BCUT2D eigenvalue weighted by Gasteiger charge is -2.23. The molecule has 1 heterocycles. The number of carbonyl (C=O) groups is 1. The zero-order valence-electron chi connectivity index (χ0n) is 16.1. The zero-order chi connectivity index (χ0) is 20.3. The highest BCUT2D eigenvalue weighted by molar-refractivity contribution is 7.99. The average molecular weight is 400 g/mol. The summed E-state index contributed by atoms with van der Waals surface area (Å²) in [6.07, 6.45) is 5.54. The van der Waals surface area contributed by atoms with Crippen LogP contribution in [-0.4, -0.2) is 37.5 Å². The van der Waals surface area contributed by atoms with Crippen molar-refractivity contribution < 1.29 is 14.3 Å². The van der Waals surface area contributed by atoms with Gasteiger partial charge in [-0.2, -0.15) is 0 Å². The van der Waals surface area contributed by atoms with E-state index in [1.165, 1.54) is 12.1 Å². The molecule has 0 atom stereocenters. The average Bonchev–Trinajstić information content (AvgIpc) is 2.70. The van der Waals surface area contributed by atoms with Crippen LogP contribution in [0.2, 0.25) is 0 Å². The van der Waals surface area contributed by atoms with Gasteiger partial charge in [0.2, 0.25) is 11.0 Å². The highest BCUT2D eigenvalue weighted by atomic mass is 32.2. The van der Waals surface area contributed by atoms with E-state index in [9.17, 15) is 14.3 Å². The maximum absolute atomic E-state index is 13.4. The van der Waals surface area contributed by atoms with Crippen LogP contribution in [0.15, 0.2) is 42.5 Å². The van der Waals surface area contributed by atoms with Crippen molar-refractivity contribution >= 4 is 41.0 Å². The number of aliphatic hydroxyl groups excluding tert-OH is 1. The number of anilines is 1. The molecule has 0 spiro atoms. The lowest BCUT2D eigenvalue weighted by Crippen LogP contribution is -2.53. The van der Waals surface area contributed by atoms with Crippen molar-refractivity contribution in [2.45, 2.75) is 6.92 Å². The minimum atomic E-state index is -0.323. The fraction of sp³-hybridized carbons (Fsp3) is 0.238. The maximum atomic E-state index is 13.4. The van der Waals surface area contributed by atoms with Gasteiger partial charge in [-0.15, -0.1) is 4.58 Å². The highest BCUT2D eigenvalue weighted by Crippen LogP contribution is 2.26. The summed E-state index contributed by atoms with van der Waals surface area (Å²) in [4.78, 5) is 12.5. The minimum Gasteiger partial charge on any atom is -0.392 e. The van der Waals surface area contributed by atoms with Gasteiger partial charge in [0.25, 0.3) is 5.70 Å². The summed E-state index contributed by atoms with van der Waals surface area (Å²) in [5.74, 6) is -0.533. The first-order chi connectivity index (χ1) is 13.5. The Balaban J connectivity index is 2.31. The molecular formula is C21H23FN3O2S+. The normalized spacial score (nSPS) is 12.8. The van der Waals surface area contributed by atoms with Crippen LogP contribution in [0.4, 0.5) is 15.8 Å². The number of halogens is 1. The van der Waals surface area contributed by atoms with Crippen molar-refractivity contribution in [3.8, 4) is 0 Å². The number of hydrogen-bond acceptors (Lipinski definition) is 4. The van der Waals surface area contributed by atoms with E-state index in [1.807, 2.05) is 29.0 Å². The molecule has 0 radical (unpaired) electrons. The van der Waals surface area contributed by atoms with Gasteiger partial charge in [0.1, 0.15) is 11.0 Å². The third kappa shape index (κ3) is 3.55. The number of fused-ring (bicyclic) bond motifs is 1. The van der Waals surface area contributed by atoms with Gasteiger partial charge >= 0.3 is 5.91 Å². The fourth-order valence-corrected chi connectivity index (χ4v) is 3.90. The predicted molar refractivity (Wildman–Crippen MR) is 113 cm³/mol. The van der Waals surface area contributed by atoms with Crippen molar-refractivity contribution in [2.75, 3.05) is 30.8 Å². The zero-order valence-corrected chi connectivity index (χ0v) is 16.9. The molecule has 2 aromatic carbocycles. The SMILES string of the molecule is CCN(SC)c1cc2c(cc1C=CCO)=C(C(=O)NC)[N+]=2c1ccc(F)cc1. The number of nitrogens with one attached hydrogen (secondary N) is 1. The molecular weight excluding hydrogens is 377 g/mol. The van der Waals surface area contributed by atoms with Crippen LogP contribution in [0.1, 0.15) is 12.5 Å². The molecule has 0 bridgehead atoms. The van der Waals surface area contributed by atoms with Crippen LogP contribution in [0.3, 0.4) is 0 Å². The quantitative estimate of drug-likeness (QED) is 0.548. The second kappa shape index (κ2) is 8.58. The number of carbonyl (C=O) groups excluding carboxylic acids is 1. The molecule has 7 heteroatoms. The number of rotatable bonds is 7. The summed E-state index contributed by atoms with van der Waals surface area (Å²) in [6.45, 7) is 2.80. The predicted octanol–water partition coefficient (Wildman–Crippen LogP) is 1.63. The number of likely N-dealkylation sites (N-methyl/N-ethyl adjacent to an activating group) is 1. The molecule has 1 aliphatic rings. The Morgan fingerprint density at radius 3 is 2.61 bits per heavy atom. The van der Waals surface area contributed by atoms with Gasteiger partial charge in [0.05, 0.1) is 12.3 Å². The van der Waals surface area contributed by atoms with E-state index in [0.717, 1.165) is 34.1 Å². The lowest BCUT2D eigenvalue weighted by atomic mass is 10.0. The molecule has 0 aromatic heterocycles. The molecule has 1 amide bonds. The summed E-state index contributed by atoms with van der Waals surface area (Å²) < 4.78 is 17.4. The molecule has 0 unspecified atom stereocenters. The third-order valence-corrected chi connectivity index (χ3v) is 5.47. The Morgan fingerprint density at radius 1 is 1.32 bits per heavy atom. The molecule has 2 aromatic rings. The number of benzene rings is 2. The molecule has 0 saturated heterocycles. The summed E-state index contributed by atoms with van der Waals surface area (Å²) in [5.41, 5.74) is 3.15. The Bertz CT molecular complexity index is 1040. The van der Waals surface area contributed by atoms with Crippen molar-refractivity contribution in [3.63, 3.8) is 0 Å². The van der Waals surface area contributed by atoms with Gasteiger partial charge in [0.15, 0.2) is 0 Å².